The molecule has 152 valence electrons. The first-order chi connectivity index (χ1) is 14.3. The van der Waals surface area contributed by atoms with Crippen molar-refractivity contribution in [3.05, 3.63) is 69.2 Å². The van der Waals surface area contributed by atoms with E-state index in [1.807, 2.05) is 0 Å². The third kappa shape index (κ3) is 4.31. The summed E-state index contributed by atoms with van der Waals surface area (Å²) in [6.07, 6.45) is 4.45. The molecule has 1 N–H and O–H groups in total. The zero-order chi connectivity index (χ0) is 19.6. The molecule has 0 saturated carbocycles. The van der Waals surface area contributed by atoms with Crippen molar-refractivity contribution in [3.63, 3.8) is 0 Å². The maximum Gasteiger partial charge on any atom is 0.166 e. The van der Waals surface area contributed by atoms with Gasteiger partial charge in [-0.25, -0.2) is 4.98 Å². The van der Waals surface area contributed by atoms with Crippen LogP contribution in [0.15, 0.2) is 46.9 Å². The number of imidazole rings is 1. The number of H-pyrrole nitrogens is 1. The van der Waals surface area contributed by atoms with E-state index in [0.717, 1.165) is 55.4 Å². The number of benzene rings is 1. The molecule has 0 spiro atoms. The second-order valence-corrected chi connectivity index (χ2v) is 9.99. The van der Waals surface area contributed by atoms with Crippen molar-refractivity contribution in [3.8, 4) is 0 Å². The number of thiophene rings is 1. The number of aromatic amines is 1. The summed E-state index contributed by atoms with van der Waals surface area (Å²) < 4.78 is 6.76. The van der Waals surface area contributed by atoms with E-state index in [0.29, 0.717) is 6.10 Å². The molecular weight excluding hydrogens is 398 g/mol. The van der Waals surface area contributed by atoms with Crippen LogP contribution in [0.3, 0.4) is 0 Å². The van der Waals surface area contributed by atoms with E-state index in [4.69, 9.17) is 9.72 Å². The van der Waals surface area contributed by atoms with Gasteiger partial charge < -0.3 is 14.6 Å². The fourth-order valence-corrected chi connectivity index (χ4v) is 5.96. The maximum absolute atomic E-state index is 6.76. The molecule has 1 aromatic carbocycles. The van der Waals surface area contributed by atoms with Gasteiger partial charge in [-0.1, -0.05) is 42.1 Å². The number of ether oxygens (including phenoxy) is 1. The minimum atomic E-state index is -0.0653. The first-order valence-corrected chi connectivity index (χ1v) is 12.3. The Hall–Kier alpha value is -1.60. The van der Waals surface area contributed by atoms with Crippen LogP contribution in [-0.4, -0.2) is 41.1 Å². The summed E-state index contributed by atoms with van der Waals surface area (Å²) in [5, 5.41) is 3.15. The minimum Gasteiger partial charge on any atom is -0.364 e. The monoisotopic (exact) mass is 425 g/mol. The molecule has 0 amide bonds. The van der Waals surface area contributed by atoms with Crippen LogP contribution < -0.4 is 0 Å². The van der Waals surface area contributed by atoms with Crippen molar-refractivity contribution in [1.82, 2.24) is 14.9 Å². The number of nitrogens with one attached hydrogen (secondary N) is 1. The average Bonchev–Trinajstić information content (AvgIpc) is 3.38. The second-order valence-electron chi connectivity index (χ2n) is 7.99. The number of aromatic nitrogens is 2. The Labute approximate surface area is 180 Å². The Morgan fingerprint density at radius 1 is 1.17 bits per heavy atom. The number of aryl methyl sites for hydroxylation is 2. The molecule has 1 atom stereocenters. The van der Waals surface area contributed by atoms with E-state index in [1.165, 1.54) is 21.7 Å². The Kier molecular flexibility index (Phi) is 5.77. The molecular formula is C23H27N3OS2. The lowest BCUT2D eigenvalue weighted by Crippen LogP contribution is -2.35. The topological polar surface area (TPSA) is 41.1 Å². The van der Waals surface area contributed by atoms with Gasteiger partial charge in [0.15, 0.2) is 5.16 Å². The first-order valence-electron chi connectivity index (χ1n) is 10.4. The van der Waals surface area contributed by atoms with E-state index in [2.05, 4.69) is 58.7 Å². The summed E-state index contributed by atoms with van der Waals surface area (Å²) in [4.78, 5) is 12.4. The predicted molar refractivity (Wildman–Crippen MR) is 120 cm³/mol. The highest BCUT2D eigenvalue weighted by atomic mass is 32.2. The van der Waals surface area contributed by atoms with Crippen LogP contribution in [0.5, 0.6) is 0 Å². The molecule has 1 fully saturated rings. The van der Waals surface area contributed by atoms with Crippen LogP contribution in [0.1, 0.15) is 46.3 Å². The van der Waals surface area contributed by atoms with Gasteiger partial charge in [0.05, 0.1) is 11.8 Å². The molecule has 2 aliphatic rings. The number of hydrogen-bond donors (Lipinski definition) is 1. The Balaban J connectivity index is 1.42. The van der Waals surface area contributed by atoms with Crippen molar-refractivity contribution < 1.29 is 4.74 Å². The van der Waals surface area contributed by atoms with Crippen molar-refractivity contribution >= 4 is 23.1 Å². The molecule has 3 heterocycles. The highest BCUT2D eigenvalue weighted by Crippen LogP contribution is 2.37. The van der Waals surface area contributed by atoms with Gasteiger partial charge in [-0.2, -0.15) is 0 Å². The largest absolute Gasteiger partial charge is 0.364 e. The quantitative estimate of drug-likeness (QED) is 0.580. The zero-order valence-electron chi connectivity index (χ0n) is 16.8. The third-order valence-corrected chi connectivity index (χ3v) is 7.93. The summed E-state index contributed by atoms with van der Waals surface area (Å²) in [6.45, 7) is 2.21. The number of nitrogens with zero attached hydrogens (tertiary/aromatic N) is 2. The molecule has 1 saturated heterocycles. The summed E-state index contributed by atoms with van der Waals surface area (Å²) in [7, 11) is 2.19. The molecule has 1 aliphatic heterocycles. The Morgan fingerprint density at radius 2 is 2.03 bits per heavy atom. The van der Waals surface area contributed by atoms with Gasteiger partial charge in [-0.3, -0.25) is 0 Å². The zero-order valence-corrected chi connectivity index (χ0v) is 18.4. The van der Waals surface area contributed by atoms with Gasteiger partial charge in [0.1, 0.15) is 6.10 Å². The molecule has 0 radical (unpaired) electrons. The Bertz CT molecular complexity index is 945. The molecule has 5 rings (SSSR count). The first kappa shape index (κ1) is 19.4. The highest BCUT2D eigenvalue weighted by Gasteiger charge is 2.31. The molecule has 4 nitrogen and oxygen atoms in total. The lowest BCUT2D eigenvalue weighted by molar-refractivity contribution is -0.0252. The standard InChI is InChI=1S/C23H27N3OS2/c1-26-12-10-17(11-13-26)27-22-19-7-3-2-5-16(19)8-9-20-21(22)25-23(24-20)29-15-18-6-4-14-28-18/h2-7,14,17,22H,8-13,15H2,1H3,(H,24,25). The SMILES string of the molecule is CN1CCC(OC2c3ccccc3CCc3[nH]c(SCc4cccs4)nc32)CC1. The van der Waals surface area contributed by atoms with Gasteiger partial charge in [0.25, 0.3) is 0 Å². The molecule has 3 aromatic rings. The van der Waals surface area contributed by atoms with Crippen LogP contribution in [0.2, 0.25) is 0 Å². The van der Waals surface area contributed by atoms with E-state index in [-0.39, 0.29) is 6.10 Å². The fraction of sp³-hybridized carbons (Fsp3) is 0.435. The van der Waals surface area contributed by atoms with E-state index < -0.39 is 0 Å². The van der Waals surface area contributed by atoms with Crippen molar-refractivity contribution in [2.75, 3.05) is 20.1 Å². The van der Waals surface area contributed by atoms with Gasteiger partial charge in [0.2, 0.25) is 0 Å². The summed E-state index contributed by atoms with van der Waals surface area (Å²) in [5.74, 6) is 0.959. The van der Waals surface area contributed by atoms with Crippen LogP contribution in [-0.2, 0) is 23.3 Å². The number of piperidine rings is 1. The van der Waals surface area contributed by atoms with Crippen LogP contribution >= 0.6 is 23.1 Å². The van der Waals surface area contributed by atoms with Crippen molar-refractivity contribution in [2.45, 2.75) is 48.8 Å². The van der Waals surface area contributed by atoms with Gasteiger partial charge in [-0.15, -0.1) is 11.3 Å². The van der Waals surface area contributed by atoms with Crippen molar-refractivity contribution in [2.24, 2.45) is 0 Å². The van der Waals surface area contributed by atoms with Crippen LogP contribution in [0.4, 0.5) is 0 Å². The lowest BCUT2D eigenvalue weighted by Gasteiger charge is -2.32. The molecule has 1 unspecified atom stereocenters. The molecule has 6 heteroatoms. The normalized spacial score (nSPS) is 20.2. The lowest BCUT2D eigenvalue weighted by atomic mass is 10.00. The maximum atomic E-state index is 6.76. The number of thioether (sulfide) groups is 1. The third-order valence-electron chi connectivity index (χ3n) is 5.94. The summed E-state index contributed by atoms with van der Waals surface area (Å²) in [6, 6.07) is 13.1. The summed E-state index contributed by atoms with van der Waals surface area (Å²) >= 11 is 3.59. The van der Waals surface area contributed by atoms with Gasteiger partial charge in [-0.05, 0) is 55.3 Å². The minimum absolute atomic E-state index is 0.0653. The molecule has 0 bridgehead atoms. The van der Waals surface area contributed by atoms with Crippen LogP contribution in [0.25, 0.3) is 0 Å². The van der Waals surface area contributed by atoms with Gasteiger partial charge in [0, 0.05) is 29.4 Å². The Morgan fingerprint density at radius 3 is 2.86 bits per heavy atom. The molecule has 1 aliphatic carbocycles. The number of fused-ring (bicyclic) bond motifs is 2. The van der Waals surface area contributed by atoms with E-state index in [9.17, 15) is 0 Å². The second kappa shape index (κ2) is 8.64. The molecule has 2 aromatic heterocycles. The molecule has 29 heavy (non-hydrogen) atoms. The number of hydrogen-bond acceptors (Lipinski definition) is 5. The van der Waals surface area contributed by atoms with Gasteiger partial charge >= 0.3 is 0 Å². The average molecular weight is 426 g/mol. The van der Waals surface area contributed by atoms with Crippen molar-refractivity contribution in [1.29, 1.82) is 0 Å². The smallest absolute Gasteiger partial charge is 0.166 e. The highest BCUT2D eigenvalue weighted by molar-refractivity contribution is 7.98. The fourth-order valence-electron chi connectivity index (χ4n) is 4.28. The van der Waals surface area contributed by atoms with E-state index >= 15 is 0 Å². The predicted octanol–water partition coefficient (Wildman–Crippen LogP) is 5.06. The number of rotatable bonds is 5. The van der Waals surface area contributed by atoms with E-state index in [1.54, 1.807) is 23.1 Å². The summed E-state index contributed by atoms with van der Waals surface area (Å²) in [5.41, 5.74) is 5.03. The number of likely N-dealkylation sites (tertiary alicyclic amines) is 1. The van der Waals surface area contributed by atoms with Crippen LogP contribution in [0, 0.1) is 0 Å².